The van der Waals surface area contributed by atoms with Gasteiger partial charge in [0.15, 0.2) is 0 Å². The van der Waals surface area contributed by atoms with Crippen molar-refractivity contribution in [3.05, 3.63) is 53.6 Å². The van der Waals surface area contributed by atoms with Crippen LogP contribution >= 0.6 is 24.2 Å². The molecule has 0 spiro atoms. The molecular weight excluding hydrogens is 370 g/mol. The highest BCUT2D eigenvalue weighted by molar-refractivity contribution is 7.99. The van der Waals surface area contributed by atoms with Crippen molar-refractivity contribution >= 4 is 24.2 Å². The number of ether oxygens (including phenoxy) is 3. The number of para-hydroxylation sites is 1. The maximum atomic E-state index is 6.13. The number of benzene rings is 2. The van der Waals surface area contributed by atoms with Crippen molar-refractivity contribution in [2.75, 3.05) is 45.7 Å². The molecule has 2 aliphatic heterocycles. The van der Waals surface area contributed by atoms with E-state index in [-0.39, 0.29) is 12.4 Å². The van der Waals surface area contributed by atoms with Crippen LogP contribution in [-0.2, 0) is 4.74 Å². The summed E-state index contributed by atoms with van der Waals surface area (Å²) in [6.07, 6.45) is 0. The summed E-state index contributed by atoms with van der Waals surface area (Å²) >= 11 is 1.99. The van der Waals surface area contributed by atoms with E-state index in [0.29, 0.717) is 5.25 Å². The summed E-state index contributed by atoms with van der Waals surface area (Å²) in [5.74, 6) is 3.77. The largest absolute Gasteiger partial charge is 0.497 e. The SMILES string of the molecule is COc1ccc2c(c1)Oc1ccccc1C2SCCN1CCOCC1.Cl. The van der Waals surface area contributed by atoms with Crippen LogP contribution in [-0.4, -0.2) is 50.6 Å². The normalized spacial score (nSPS) is 18.9. The first-order valence-electron chi connectivity index (χ1n) is 8.71. The maximum absolute atomic E-state index is 6.13. The summed E-state index contributed by atoms with van der Waals surface area (Å²) in [4.78, 5) is 2.48. The van der Waals surface area contributed by atoms with E-state index in [2.05, 4.69) is 23.1 Å². The molecule has 0 N–H and O–H groups in total. The molecule has 1 unspecified atom stereocenters. The van der Waals surface area contributed by atoms with Gasteiger partial charge < -0.3 is 14.2 Å². The molecule has 26 heavy (non-hydrogen) atoms. The summed E-state index contributed by atoms with van der Waals surface area (Å²) in [6, 6.07) is 14.5. The first-order valence-corrected chi connectivity index (χ1v) is 9.76. The molecule has 0 saturated carbocycles. The van der Waals surface area contributed by atoms with Gasteiger partial charge in [-0.1, -0.05) is 24.3 Å². The van der Waals surface area contributed by atoms with E-state index in [1.165, 1.54) is 11.1 Å². The average Bonchev–Trinajstić information content (AvgIpc) is 2.67. The fraction of sp³-hybridized carbons (Fsp3) is 0.400. The van der Waals surface area contributed by atoms with Gasteiger partial charge in [0.1, 0.15) is 17.2 Å². The van der Waals surface area contributed by atoms with E-state index >= 15 is 0 Å². The second-order valence-electron chi connectivity index (χ2n) is 6.25. The van der Waals surface area contributed by atoms with Crippen LogP contribution in [0.1, 0.15) is 16.4 Å². The minimum absolute atomic E-state index is 0. The van der Waals surface area contributed by atoms with E-state index in [1.54, 1.807) is 7.11 Å². The van der Waals surface area contributed by atoms with E-state index in [1.807, 2.05) is 36.0 Å². The molecule has 2 aromatic rings. The molecule has 0 aromatic heterocycles. The molecule has 6 heteroatoms. The van der Waals surface area contributed by atoms with Crippen LogP contribution in [0.3, 0.4) is 0 Å². The van der Waals surface area contributed by atoms with Gasteiger partial charge in [-0.15, -0.1) is 24.2 Å². The number of hydrogen-bond donors (Lipinski definition) is 0. The first kappa shape index (κ1) is 19.4. The van der Waals surface area contributed by atoms with Crippen LogP contribution < -0.4 is 9.47 Å². The molecule has 2 aromatic carbocycles. The topological polar surface area (TPSA) is 30.9 Å². The fourth-order valence-corrected chi connectivity index (χ4v) is 4.67. The smallest absolute Gasteiger partial charge is 0.135 e. The highest BCUT2D eigenvalue weighted by Gasteiger charge is 2.28. The maximum Gasteiger partial charge on any atom is 0.135 e. The number of thioether (sulfide) groups is 1. The van der Waals surface area contributed by atoms with Crippen LogP contribution in [0.4, 0.5) is 0 Å². The van der Waals surface area contributed by atoms with Gasteiger partial charge in [-0.05, 0) is 12.1 Å². The highest BCUT2D eigenvalue weighted by Crippen LogP contribution is 2.50. The molecule has 1 fully saturated rings. The molecule has 0 bridgehead atoms. The van der Waals surface area contributed by atoms with Crippen molar-refractivity contribution < 1.29 is 14.2 Å². The number of methoxy groups -OCH3 is 1. The van der Waals surface area contributed by atoms with Gasteiger partial charge in [-0.2, -0.15) is 0 Å². The third-order valence-corrected chi connectivity index (χ3v) is 5.98. The second kappa shape index (κ2) is 9.00. The van der Waals surface area contributed by atoms with Gasteiger partial charge in [0.05, 0.1) is 25.6 Å². The minimum Gasteiger partial charge on any atom is -0.497 e. The van der Waals surface area contributed by atoms with Crippen molar-refractivity contribution in [3.63, 3.8) is 0 Å². The lowest BCUT2D eigenvalue weighted by molar-refractivity contribution is 0.0410. The standard InChI is InChI=1S/C20H23NO3S.ClH/c1-22-15-6-7-17-19(14-15)24-18-5-3-2-4-16(18)20(17)25-13-10-21-8-11-23-12-9-21;/h2-7,14,20H,8-13H2,1H3;1H. The first-order chi connectivity index (χ1) is 12.3. The molecule has 0 radical (unpaired) electrons. The Morgan fingerprint density at radius 2 is 1.85 bits per heavy atom. The number of rotatable bonds is 5. The van der Waals surface area contributed by atoms with Gasteiger partial charge in [0.2, 0.25) is 0 Å². The number of morpholine rings is 1. The Balaban J connectivity index is 0.00000196. The van der Waals surface area contributed by atoms with Crippen LogP contribution in [0.5, 0.6) is 17.2 Å². The van der Waals surface area contributed by atoms with E-state index < -0.39 is 0 Å². The van der Waals surface area contributed by atoms with Crippen molar-refractivity contribution in [1.29, 1.82) is 0 Å². The number of fused-ring (bicyclic) bond motifs is 2. The van der Waals surface area contributed by atoms with Crippen molar-refractivity contribution in [2.24, 2.45) is 0 Å². The third-order valence-electron chi connectivity index (χ3n) is 4.72. The molecule has 4 rings (SSSR count). The molecule has 2 aliphatic rings. The summed E-state index contributed by atoms with van der Waals surface area (Å²) in [5.41, 5.74) is 2.48. The Hall–Kier alpha value is -1.40. The third kappa shape index (κ3) is 4.12. The van der Waals surface area contributed by atoms with Gasteiger partial charge >= 0.3 is 0 Å². The lowest BCUT2D eigenvalue weighted by Gasteiger charge is -2.30. The molecule has 1 saturated heterocycles. The van der Waals surface area contributed by atoms with Crippen LogP contribution in [0, 0.1) is 0 Å². The fourth-order valence-electron chi connectivity index (χ4n) is 3.33. The highest BCUT2D eigenvalue weighted by atomic mass is 35.5. The lowest BCUT2D eigenvalue weighted by atomic mass is 9.99. The zero-order valence-corrected chi connectivity index (χ0v) is 16.5. The van der Waals surface area contributed by atoms with Gasteiger partial charge in [0, 0.05) is 42.6 Å². The Morgan fingerprint density at radius 1 is 1.08 bits per heavy atom. The van der Waals surface area contributed by atoms with Crippen molar-refractivity contribution in [2.45, 2.75) is 5.25 Å². The lowest BCUT2D eigenvalue weighted by Crippen LogP contribution is -2.37. The predicted octanol–water partition coefficient (Wildman–Crippen LogP) is 4.38. The van der Waals surface area contributed by atoms with Crippen LogP contribution in [0.2, 0.25) is 0 Å². The molecule has 0 aliphatic carbocycles. The summed E-state index contributed by atoms with van der Waals surface area (Å²) in [5, 5.41) is 0.298. The minimum atomic E-state index is 0. The Labute approximate surface area is 165 Å². The molecule has 140 valence electrons. The van der Waals surface area contributed by atoms with Gasteiger partial charge in [-0.3, -0.25) is 4.90 Å². The monoisotopic (exact) mass is 393 g/mol. The molecular formula is C20H24ClNO3S. The molecule has 0 amide bonds. The molecule has 1 atom stereocenters. The Kier molecular flexibility index (Phi) is 6.70. The quantitative estimate of drug-likeness (QED) is 0.752. The van der Waals surface area contributed by atoms with Crippen molar-refractivity contribution in [3.8, 4) is 17.2 Å². The zero-order chi connectivity index (χ0) is 17.1. The Bertz CT molecular complexity index is 737. The summed E-state index contributed by atoms with van der Waals surface area (Å²) < 4.78 is 16.9. The average molecular weight is 394 g/mol. The molecule has 4 nitrogen and oxygen atoms in total. The number of halogens is 1. The number of nitrogens with zero attached hydrogens (tertiary/aromatic N) is 1. The van der Waals surface area contributed by atoms with Crippen LogP contribution in [0.25, 0.3) is 0 Å². The van der Waals surface area contributed by atoms with Gasteiger partial charge in [0.25, 0.3) is 0 Å². The van der Waals surface area contributed by atoms with Gasteiger partial charge in [-0.25, -0.2) is 0 Å². The predicted molar refractivity (Wildman–Crippen MR) is 108 cm³/mol. The zero-order valence-electron chi connectivity index (χ0n) is 14.8. The second-order valence-corrected chi connectivity index (χ2v) is 7.46. The number of hydrogen-bond acceptors (Lipinski definition) is 5. The van der Waals surface area contributed by atoms with E-state index in [4.69, 9.17) is 14.2 Å². The summed E-state index contributed by atoms with van der Waals surface area (Å²) in [6.45, 7) is 4.89. The Morgan fingerprint density at radius 3 is 2.65 bits per heavy atom. The van der Waals surface area contributed by atoms with Crippen molar-refractivity contribution in [1.82, 2.24) is 4.90 Å². The van der Waals surface area contributed by atoms with E-state index in [0.717, 1.165) is 55.8 Å². The van der Waals surface area contributed by atoms with Crippen LogP contribution in [0.15, 0.2) is 42.5 Å². The van der Waals surface area contributed by atoms with E-state index in [9.17, 15) is 0 Å². The summed E-state index contributed by atoms with van der Waals surface area (Å²) in [7, 11) is 1.69. The molecule has 2 heterocycles.